The van der Waals surface area contributed by atoms with Crippen LogP contribution < -0.4 is 11.1 Å². The second kappa shape index (κ2) is 5.82. The monoisotopic (exact) mass is 234 g/mol. The molecule has 1 aromatic carbocycles. The van der Waals surface area contributed by atoms with Gasteiger partial charge in [0, 0.05) is 12.1 Å². The highest BCUT2D eigenvalue weighted by atomic mass is 16.1. The molecule has 0 radical (unpaired) electrons. The van der Waals surface area contributed by atoms with Crippen LogP contribution in [0.1, 0.15) is 34.0 Å². The molecule has 1 atom stereocenters. The lowest BCUT2D eigenvalue weighted by atomic mass is 9.99. The highest BCUT2D eigenvalue weighted by Crippen LogP contribution is 2.16. The van der Waals surface area contributed by atoms with Gasteiger partial charge in [0.25, 0.3) is 5.91 Å². The minimum absolute atomic E-state index is 0.000278. The van der Waals surface area contributed by atoms with Crippen molar-refractivity contribution < 1.29 is 4.79 Å². The van der Waals surface area contributed by atoms with Crippen molar-refractivity contribution in [1.82, 2.24) is 5.32 Å². The van der Waals surface area contributed by atoms with Gasteiger partial charge in [0.1, 0.15) is 0 Å². The second-order valence-corrected chi connectivity index (χ2v) is 4.82. The number of nitrogens with one attached hydrogen (secondary N) is 1. The summed E-state index contributed by atoms with van der Waals surface area (Å²) in [5.41, 5.74) is 9.56. The van der Waals surface area contributed by atoms with E-state index in [9.17, 15) is 4.79 Å². The van der Waals surface area contributed by atoms with Crippen molar-refractivity contribution in [3.05, 3.63) is 34.4 Å². The van der Waals surface area contributed by atoms with Gasteiger partial charge in [-0.15, -0.1) is 0 Å². The Morgan fingerprint density at radius 1 is 1.29 bits per heavy atom. The highest BCUT2D eigenvalue weighted by Gasteiger charge is 2.13. The van der Waals surface area contributed by atoms with Gasteiger partial charge in [-0.25, -0.2) is 0 Å². The van der Waals surface area contributed by atoms with Gasteiger partial charge in [0.05, 0.1) is 0 Å². The highest BCUT2D eigenvalue weighted by molar-refractivity contribution is 5.97. The van der Waals surface area contributed by atoms with E-state index < -0.39 is 0 Å². The maximum Gasteiger partial charge on any atom is 0.251 e. The summed E-state index contributed by atoms with van der Waals surface area (Å²) in [6.45, 7) is 9.23. The van der Waals surface area contributed by atoms with Gasteiger partial charge in [0.2, 0.25) is 0 Å². The quantitative estimate of drug-likeness (QED) is 0.836. The molecule has 17 heavy (non-hydrogen) atoms. The lowest BCUT2D eigenvalue weighted by molar-refractivity contribution is 0.0947. The van der Waals surface area contributed by atoms with E-state index in [4.69, 9.17) is 5.73 Å². The number of hydrogen-bond donors (Lipinski definition) is 2. The maximum absolute atomic E-state index is 12.1. The molecule has 3 heteroatoms. The molecule has 94 valence electrons. The molecular formula is C14H22N2O. The minimum Gasteiger partial charge on any atom is -0.352 e. The normalized spacial score (nSPS) is 12.3. The third-order valence-electron chi connectivity index (χ3n) is 2.92. The lowest BCUT2D eigenvalue weighted by Gasteiger charge is -2.14. The molecule has 0 aromatic heterocycles. The van der Waals surface area contributed by atoms with E-state index >= 15 is 0 Å². The summed E-state index contributed by atoms with van der Waals surface area (Å²) in [6.07, 6.45) is 0. The van der Waals surface area contributed by atoms with Crippen molar-refractivity contribution in [3.8, 4) is 0 Å². The molecule has 0 spiro atoms. The molecule has 3 N–H and O–H groups in total. The smallest absolute Gasteiger partial charge is 0.251 e. The first-order valence-corrected chi connectivity index (χ1v) is 6.01. The Bertz CT molecular complexity index is 390. The Morgan fingerprint density at radius 2 is 1.82 bits per heavy atom. The number of nitrogens with two attached hydrogens (primary N) is 1. The van der Waals surface area contributed by atoms with Crippen molar-refractivity contribution in [1.29, 1.82) is 0 Å². The van der Waals surface area contributed by atoms with Crippen LogP contribution in [0.15, 0.2) is 12.1 Å². The first-order valence-electron chi connectivity index (χ1n) is 6.01. The van der Waals surface area contributed by atoms with Crippen LogP contribution >= 0.6 is 0 Å². The Balaban J connectivity index is 2.82. The number of aryl methyl sites for hydroxylation is 3. The molecule has 0 saturated carbocycles. The zero-order valence-electron chi connectivity index (χ0n) is 11.1. The summed E-state index contributed by atoms with van der Waals surface area (Å²) in [5.74, 6) is 0.310. The van der Waals surface area contributed by atoms with Crippen LogP contribution in [0.3, 0.4) is 0 Å². The first-order chi connectivity index (χ1) is 7.95. The van der Waals surface area contributed by atoms with Gasteiger partial charge in [-0.3, -0.25) is 4.79 Å². The molecule has 3 nitrogen and oxygen atoms in total. The Labute approximate surface area is 103 Å². The SMILES string of the molecule is Cc1cc(C)c(C(=O)NCC(C)CN)c(C)c1. The van der Waals surface area contributed by atoms with Crippen LogP contribution in [-0.2, 0) is 0 Å². The van der Waals surface area contributed by atoms with E-state index in [1.165, 1.54) is 5.56 Å². The topological polar surface area (TPSA) is 55.1 Å². The van der Waals surface area contributed by atoms with Gasteiger partial charge in [-0.2, -0.15) is 0 Å². The number of carbonyl (C=O) groups is 1. The molecule has 0 fully saturated rings. The maximum atomic E-state index is 12.1. The molecule has 0 bridgehead atoms. The summed E-state index contributed by atoms with van der Waals surface area (Å²) in [4.78, 5) is 12.1. The molecule has 1 rings (SSSR count). The van der Waals surface area contributed by atoms with Gasteiger partial charge in [-0.1, -0.05) is 24.6 Å². The van der Waals surface area contributed by atoms with Crippen molar-refractivity contribution in [2.45, 2.75) is 27.7 Å². The third kappa shape index (κ3) is 3.56. The number of rotatable bonds is 4. The molecule has 1 amide bonds. The van der Waals surface area contributed by atoms with Crippen molar-refractivity contribution >= 4 is 5.91 Å². The van der Waals surface area contributed by atoms with Gasteiger partial charge in [0.15, 0.2) is 0 Å². The summed E-state index contributed by atoms with van der Waals surface area (Å²) in [5, 5.41) is 2.93. The summed E-state index contributed by atoms with van der Waals surface area (Å²) < 4.78 is 0. The molecule has 0 heterocycles. The van der Waals surface area contributed by atoms with E-state index in [1.54, 1.807) is 0 Å². The Hall–Kier alpha value is -1.35. The largest absolute Gasteiger partial charge is 0.352 e. The van der Waals surface area contributed by atoms with Crippen LogP contribution in [0.2, 0.25) is 0 Å². The molecule has 0 aliphatic carbocycles. The minimum atomic E-state index is 0.000278. The van der Waals surface area contributed by atoms with Crippen molar-refractivity contribution in [3.63, 3.8) is 0 Å². The standard InChI is InChI=1S/C14H22N2O/c1-9-5-11(3)13(12(4)6-9)14(17)16-8-10(2)7-15/h5-6,10H,7-8,15H2,1-4H3,(H,16,17). The van der Waals surface area contributed by atoms with Crippen LogP contribution in [0, 0.1) is 26.7 Å². The average molecular weight is 234 g/mol. The zero-order valence-corrected chi connectivity index (χ0v) is 11.1. The number of carbonyl (C=O) groups excluding carboxylic acids is 1. The third-order valence-corrected chi connectivity index (χ3v) is 2.92. The fourth-order valence-electron chi connectivity index (χ4n) is 1.98. The van der Waals surface area contributed by atoms with Crippen molar-refractivity contribution in [2.24, 2.45) is 11.7 Å². The van der Waals surface area contributed by atoms with Crippen molar-refractivity contribution in [2.75, 3.05) is 13.1 Å². The van der Waals surface area contributed by atoms with E-state index in [1.807, 2.05) is 39.8 Å². The van der Waals surface area contributed by atoms with Crippen LogP contribution in [0.4, 0.5) is 0 Å². The summed E-state index contributed by atoms with van der Waals surface area (Å²) >= 11 is 0. The predicted molar refractivity (Wildman–Crippen MR) is 71.2 cm³/mol. The molecular weight excluding hydrogens is 212 g/mol. The Kier molecular flexibility index (Phi) is 4.70. The fourth-order valence-corrected chi connectivity index (χ4v) is 1.98. The second-order valence-electron chi connectivity index (χ2n) is 4.82. The van der Waals surface area contributed by atoms with Gasteiger partial charge in [-0.05, 0) is 44.4 Å². The van der Waals surface area contributed by atoms with Crippen LogP contribution in [-0.4, -0.2) is 19.0 Å². The molecule has 0 saturated heterocycles. The van der Waals surface area contributed by atoms with Gasteiger partial charge >= 0.3 is 0 Å². The summed E-state index contributed by atoms with van der Waals surface area (Å²) in [6, 6.07) is 4.07. The van der Waals surface area contributed by atoms with Crippen LogP contribution in [0.5, 0.6) is 0 Å². The Morgan fingerprint density at radius 3 is 2.29 bits per heavy atom. The van der Waals surface area contributed by atoms with E-state index in [2.05, 4.69) is 5.32 Å². The predicted octanol–water partition coefficient (Wildman–Crippen LogP) is 1.94. The zero-order chi connectivity index (χ0) is 13.0. The van der Waals surface area contributed by atoms with Gasteiger partial charge < -0.3 is 11.1 Å². The first kappa shape index (κ1) is 13.7. The average Bonchev–Trinajstić information content (AvgIpc) is 2.24. The lowest BCUT2D eigenvalue weighted by Crippen LogP contribution is -2.32. The van der Waals surface area contributed by atoms with E-state index in [0.717, 1.165) is 16.7 Å². The molecule has 0 aliphatic rings. The number of hydrogen-bond acceptors (Lipinski definition) is 2. The van der Waals surface area contributed by atoms with Crippen LogP contribution in [0.25, 0.3) is 0 Å². The van der Waals surface area contributed by atoms with E-state index in [0.29, 0.717) is 19.0 Å². The summed E-state index contributed by atoms with van der Waals surface area (Å²) in [7, 11) is 0. The molecule has 1 aromatic rings. The fraction of sp³-hybridized carbons (Fsp3) is 0.500. The number of amides is 1. The molecule has 0 aliphatic heterocycles. The molecule has 1 unspecified atom stereocenters. The number of benzene rings is 1. The van der Waals surface area contributed by atoms with E-state index in [-0.39, 0.29) is 5.91 Å².